The summed E-state index contributed by atoms with van der Waals surface area (Å²) >= 11 is 0. The van der Waals surface area contributed by atoms with Crippen LogP contribution in [-0.4, -0.2) is 97.7 Å². The Bertz CT molecular complexity index is 1350. The standard InChI is InChI=1S/C28H35N5O6S/c1-19(2)17-22(30-27(35)20-6-8-21(9-7-20)31-13-15-39-16-14-31)28(36)32-12-10-23-26(32)24(34)18-33(23)40(37,38)25-5-3-4-11-29-25/h3-9,11,19,22-23,26H,10,12-18H2,1-2H3,(H,30,35). The third-order valence-corrected chi connectivity index (χ3v) is 9.47. The Balaban J connectivity index is 1.30. The highest BCUT2D eigenvalue weighted by atomic mass is 32.2. The van der Waals surface area contributed by atoms with Gasteiger partial charge in [0.05, 0.1) is 25.8 Å². The Morgan fingerprint density at radius 2 is 1.80 bits per heavy atom. The molecule has 40 heavy (non-hydrogen) atoms. The van der Waals surface area contributed by atoms with Crippen molar-refractivity contribution >= 4 is 33.3 Å². The van der Waals surface area contributed by atoms with Gasteiger partial charge in [-0.3, -0.25) is 14.4 Å². The molecule has 0 bridgehead atoms. The van der Waals surface area contributed by atoms with Gasteiger partial charge in [0.25, 0.3) is 15.9 Å². The van der Waals surface area contributed by atoms with E-state index in [1.54, 1.807) is 24.3 Å². The summed E-state index contributed by atoms with van der Waals surface area (Å²) < 4.78 is 33.1. The van der Waals surface area contributed by atoms with Crippen molar-refractivity contribution in [1.29, 1.82) is 0 Å². The fourth-order valence-corrected chi connectivity index (χ4v) is 7.30. The summed E-state index contributed by atoms with van der Waals surface area (Å²) in [6.07, 6.45) is 2.11. The number of benzene rings is 1. The molecule has 4 heterocycles. The number of fused-ring (bicyclic) bond motifs is 1. The number of amides is 2. The Labute approximate surface area is 234 Å². The summed E-state index contributed by atoms with van der Waals surface area (Å²) in [5.41, 5.74) is 1.44. The fourth-order valence-electron chi connectivity index (χ4n) is 5.74. The van der Waals surface area contributed by atoms with Crippen LogP contribution in [0.2, 0.25) is 0 Å². The molecule has 3 aliphatic rings. The highest BCUT2D eigenvalue weighted by Gasteiger charge is 2.54. The number of likely N-dealkylation sites (tertiary alicyclic amines) is 1. The van der Waals surface area contributed by atoms with Crippen LogP contribution < -0.4 is 10.2 Å². The normalized spacial score (nSPS) is 22.4. The zero-order chi connectivity index (χ0) is 28.4. The zero-order valence-corrected chi connectivity index (χ0v) is 23.5. The van der Waals surface area contributed by atoms with Crippen molar-refractivity contribution < 1.29 is 27.5 Å². The van der Waals surface area contributed by atoms with Crippen molar-refractivity contribution in [2.45, 2.75) is 49.8 Å². The third kappa shape index (κ3) is 5.61. The van der Waals surface area contributed by atoms with Crippen molar-refractivity contribution in [2.75, 3.05) is 44.3 Å². The fraction of sp³-hybridized carbons (Fsp3) is 0.500. The number of pyridine rings is 1. The largest absolute Gasteiger partial charge is 0.378 e. The molecule has 3 saturated heterocycles. The summed E-state index contributed by atoms with van der Waals surface area (Å²) in [6.45, 7) is 6.73. The van der Waals surface area contributed by atoms with Gasteiger partial charge < -0.3 is 19.9 Å². The van der Waals surface area contributed by atoms with E-state index in [9.17, 15) is 22.8 Å². The van der Waals surface area contributed by atoms with Crippen molar-refractivity contribution in [3.8, 4) is 0 Å². The predicted octanol–water partition coefficient (Wildman–Crippen LogP) is 1.31. The van der Waals surface area contributed by atoms with Crippen LogP contribution in [0.1, 0.15) is 37.0 Å². The monoisotopic (exact) mass is 569 g/mol. The zero-order valence-electron chi connectivity index (χ0n) is 22.7. The van der Waals surface area contributed by atoms with Crippen LogP contribution in [0.15, 0.2) is 53.7 Å². The lowest BCUT2D eigenvalue weighted by Crippen LogP contribution is -2.53. The van der Waals surface area contributed by atoms with Crippen molar-refractivity contribution in [2.24, 2.45) is 5.92 Å². The Kier molecular flexibility index (Phi) is 8.20. The molecule has 2 aromatic rings. The first-order valence-corrected chi connectivity index (χ1v) is 15.1. The van der Waals surface area contributed by atoms with E-state index in [1.807, 2.05) is 26.0 Å². The number of anilines is 1. The van der Waals surface area contributed by atoms with Crippen LogP contribution in [0.5, 0.6) is 0 Å². The second-order valence-corrected chi connectivity index (χ2v) is 12.7. The molecule has 1 aromatic carbocycles. The molecular formula is C28H35N5O6S. The van der Waals surface area contributed by atoms with E-state index in [2.05, 4.69) is 15.2 Å². The van der Waals surface area contributed by atoms with E-state index in [-0.39, 0.29) is 41.6 Å². The number of ketones is 1. The third-order valence-electron chi connectivity index (χ3n) is 7.69. The maximum absolute atomic E-state index is 13.8. The number of sulfonamides is 1. The molecular weight excluding hydrogens is 534 g/mol. The highest BCUT2D eigenvalue weighted by Crippen LogP contribution is 2.34. The predicted molar refractivity (Wildman–Crippen MR) is 147 cm³/mol. The van der Waals surface area contributed by atoms with Gasteiger partial charge in [0.15, 0.2) is 10.8 Å². The SMILES string of the molecule is CC(C)CC(NC(=O)c1ccc(N2CCOCC2)cc1)C(=O)N1CCC2C1C(=O)CN2S(=O)(=O)c1ccccn1. The molecule has 1 N–H and O–H groups in total. The van der Waals surface area contributed by atoms with E-state index >= 15 is 0 Å². The van der Waals surface area contributed by atoms with Gasteiger partial charge in [0.1, 0.15) is 12.1 Å². The number of morpholine rings is 1. The maximum atomic E-state index is 13.8. The van der Waals surface area contributed by atoms with E-state index in [0.717, 1.165) is 18.8 Å². The molecule has 1 aromatic heterocycles. The first-order valence-electron chi connectivity index (χ1n) is 13.7. The summed E-state index contributed by atoms with van der Waals surface area (Å²) in [5, 5.41) is 2.76. The van der Waals surface area contributed by atoms with Crippen LogP contribution in [-0.2, 0) is 24.3 Å². The average molecular weight is 570 g/mol. The number of rotatable bonds is 8. The number of carbonyl (C=O) groups excluding carboxylic acids is 3. The summed E-state index contributed by atoms with van der Waals surface area (Å²) in [5.74, 6) is -0.981. The smallest absolute Gasteiger partial charge is 0.261 e. The molecule has 0 aliphatic carbocycles. The van der Waals surface area contributed by atoms with Crippen LogP contribution in [0, 0.1) is 5.92 Å². The topological polar surface area (TPSA) is 129 Å². The number of nitrogens with one attached hydrogen (secondary N) is 1. The number of hydrogen-bond donors (Lipinski definition) is 1. The second kappa shape index (κ2) is 11.6. The highest BCUT2D eigenvalue weighted by molar-refractivity contribution is 7.89. The number of hydrogen-bond acceptors (Lipinski definition) is 8. The molecule has 0 radical (unpaired) electrons. The van der Waals surface area contributed by atoms with Gasteiger partial charge in [-0.25, -0.2) is 13.4 Å². The maximum Gasteiger partial charge on any atom is 0.261 e. The lowest BCUT2D eigenvalue weighted by molar-refractivity contribution is -0.138. The molecule has 12 heteroatoms. The minimum Gasteiger partial charge on any atom is -0.378 e. The minimum atomic E-state index is -4.00. The summed E-state index contributed by atoms with van der Waals surface area (Å²) in [6, 6.07) is 9.46. The van der Waals surface area contributed by atoms with Crippen molar-refractivity contribution in [3.05, 3.63) is 54.2 Å². The number of Topliss-reactive ketones (excluding diaryl/α,β-unsaturated/α-hetero) is 1. The van der Waals surface area contributed by atoms with Gasteiger partial charge in [-0.15, -0.1) is 0 Å². The lowest BCUT2D eigenvalue weighted by atomic mass is 10.0. The molecule has 3 unspecified atom stereocenters. The van der Waals surface area contributed by atoms with Crippen LogP contribution in [0.3, 0.4) is 0 Å². The van der Waals surface area contributed by atoms with Crippen LogP contribution in [0.4, 0.5) is 5.69 Å². The van der Waals surface area contributed by atoms with E-state index in [0.29, 0.717) is 31.6 Å². The van der Waals surface area contributed by atoms with Gasteiger partial charge in [-0.2, -0.15) is 4.31 Å². The number of nitrogens with zero attached hydrogens (tertiary/aromatic N) is 4. The molecule has 3 fully saturated rings. The van der Waals surface area contributed by atoms with Crippen LogP contribution in [0.25, 0.3) is 0 Å². The average Bonchev–Trinajstić information content (AvgIpc) is 3.54. The number of ether oxygens (including phenoxy) is 1. The van der Waals surface area contributed by atoms with Gasteiger partial charge in [-0.05, 0) is 55.2 Å². The van der Waals surface area contributed by atoms with Gasteiger partial charge in [-0.1, -0.05) is 19.9 Å². The molecule has 5 rings (SSSR count). The Morgan fingerprint density at radius 3 is 2.45 bits per heavy atom. The first-order chi connectivity index (χ1) is 19.2. The first kappa shape index (κ1) is 28.2. The number of carbonyl (C=O) groups is 3. The molecule has 2 amide bonds. The Hall–Kier alpha value is -3.35. The lowest BCUT2D eigenvalue weighted by Gasteiger charge is -2.29. The van der Waals surface area contributed by atoms with Crippen LogP contribution >= 0.6 is 0 Å². The van der Waals surface area contributed by atoms with Crippen molar-refractivity contribution in [1.82, 2.24) is 19.5 Å². The summed E-state index contributed by atoms with van der Waals surface area (Å²) in [7, 11) is -4.00. The van der Waals surface area contributed by atoms with Gasteiger partial charge >= 0.3 is 0 Å². The van der Waals surface area contributed by atoms with Gasteiger partial charge in [0, 0.05) is 37.1 Å². The molecule has 3 atom stereocenters. The minimum absolute atomic E-state index is 0.0941. The Morgan fingerprint density at radius 1 is 1.07 bits per heavy atom. The number of aromatic nitrogens is 1. The van der Waals surface area contributed by atoms with Crippen molar-refractivity contribution in [3.63, 3.8) is 0 Å². The van der Waals surface area contributed by atoms with E-state index in [1.165, 1.54) is 21.5 Å². The molecule has 3 aliphatic heterocycles. The van der Waals surface area contributed by atoms with E-state index in [4.69, 9.17) is 4.74 Å². The molecule has 214 valence electrons. The second-order valence-electron chi connectivity index (χ2n) is 10.8. The summed E-state index contributed by atoms with van der Waals surface area (Å²) in [4.78, 5) is 47.7. The molecule has 0 spiro atoms. The quantitative estimate of drug-likeness (QED) is 0.504. The van der Waals surface area contributed by atoms with Gasteiger partial charge in [0.2, 0.25) is 5.91 Å². The van der Waals surface area contributed by atoms with E-state index < -0.39 is 28.1 Å². The molecule has 0 saturated carbocycles. The molecule has 11 nitrogen and oxygen atoms in total.